The predicted octanol–water partition coefficient (Wildman–Crippen LogP) is 2.50. The van der Waals surface area contributed by atoms with E-state index in [4.69, 9.17) is 10.5 Å². The number of likely N-dealkylation sites (N-methyl/N-ethyl adjacent to an activating group) is 1. The van der Waals surface area contributed by atoms with Crippen LogP contribution >= 0.6 is 0 Å². The molecule has 0 fully saturated rings. The van der Waals surface area contributed by atoms with Crippen LogP contribution in [0.1, 0.15) is 25.8 Å². The fourth-order valence-electron chi connectivity index (χ4n) is 2.34. The second-order valence-electron chi connectivity index (χ2n) is 4.92. The molecule has 0 saturated carbocycles. The van der Waals surface area contributed by atoms with E-state index in [9.17, 15) is 0 Å². The molecule has 2 atom stereocenters. The second-order valence-corrected chi connectivity index (χ2v) is 4.92. The van der Waals surface area contributed by atoms with Crippen molar-refractivity contribution in [1.82, 2.24) is 4.90 Å². The summed E-state index contributed by atoms with van der Waals surface area (Å²) in [5.41, 5.74) is 7.11. The molecule has 0 radical (unpaired) electrons. The summed E-state index contributed by atoms with van der Waals surface area (Å²) in [5.74, 6) is 1.55. The standard InChI is InChI=1S/C15H26N2O/c1-5-12(2)14(10-16)17(3)11-13-8-6-7-9-15(13)18-4/h6-9,12,14H,5,10-11,16H2,1-4H3. The first-order valence-corrected chi connectivity index (χ1v) is 6.66. The van der Waals surface area contributed by atoms with Crippen molar-refractivity contribution in [2.45, 2.75) is 32.9 Å². The van der Waals surface area contributed by atoms with Crippen LogP contribution in [0, 0.1) is 5.92 Å². The van der Waals surface area contributed by atoms with Gasteiger partial charge in [0.05, 0.1) is 7.11 Å². The van der Waals surface area contributed by atoms with Gasteiger partial charge in [-0.1, -0.05) is 38.5 Å². The number of rotatable bonds is 7. The Labute approximate surface area is 111 Å². The lowest BCUT2D eigenvalue weighted by Crippen LogP contribution is -2.42. The molecule has 0 aliphatic rings. The van der Waals surface area contributed by atoms with Crippen molar-refractivity contribution in [3.63, 3.8) is 0 Å². The lowest BCUT2D eigenvalue weighted by atomic mass is 9.97. The summed E-state index contributed by atoms with van der Waals surface area (Å²) in [4.78, 5) is 2.33. The Hall–Kier alpha value is -1.06. The van der Waals surface area contributed by atoms with Crippen molar-refractivity contribution in [2.24, 2.45) is 11.7 Å². The summed E-state index contributed by atoms with van der Waals surface area (Å²) in [6.45, 7) is 6.04. The Bertz CT molecular complexity index is 354. The first kappa shape index (κ1) is 15.0. The molecule has 0 bridgehead atoms. The molecule has 1 rings (SSSR count). The van der Waals surface area contributed by atoms with Crippen LogP contribution < -0.4 is 10.5 Å². The molecule has 3 heteroatoms. The number of hydrogen-bond acceptors (Lipinski definition) is 3. The molecule has 2 N–H and O–H groups in total. The van der Waals surface area contributed by atoms with Gasteiger partial charge in [0.15, 0.2) is 0 Å². The number of benzene rings is 1. The summed E-state index contributed by atoms with van der Waals surface area (Å²) in [5, 5.41) is 0. The van der Waals surface area contributed by atoms with Crippen molar-refractivity contribution in [1.29, 1.82) is 0 Å². The minimum Gasteiger partial charge on any atom is -0.496 e. The van der Waals surface area contributed by atoms with Crippen LogP contribution in [-0.2, 0) is 6.54 Å². The lowest BCUT2D eigenvalue weighted by Gasteiger charge is -2.31. The minimum absolute atomic E-state index is 0.417. The monoisotopic (exact) mass is 250 g/mol. The van der Waals surface area contributed by atoms with Gasteiger partial charge >= 0.3 is 0 Å². The van der Waals surface area contributed by atoms with Crippen molar-refractivity contribution in [3.8, 4) is 5.75 Å². The molecular weight excluding hydrogens is 224 g/mol. The maximum absolute atomic E-state index is 5.90. The molecular formula is C15H26N2O. The zero-order valence-electron chi connectivity index (χ0n) is 12.0. The molecule has 1 aromatic carbocycles. The molecule has 1 aromatic rings. The molecule has 18 heavy (non-hydrogen) atoms. The third-order valence-electron chi connectivity index (χ3n) is 3.72. The number of hydrogen-bond donors (Lipinski definition) is 1. The highest BCUT2D eigenvalue weighted by Crippen LogP contribution is 2.21. The van der Waals surface area contributed by atoms with Crippen LogP contribution in [0.3, 0.4) is 0 Å². The van der Waals surface area contributed by atoms with Crippen molar-refractivity contribution in [3.05, 3.63) is 29.8 Å². The SMILES string of the molecule is CCC(C)C(CN)N(C)Cc1ccccc1OC. The molecule has 0 heterocycles. The van der Waals surface area contributed by atoms with E-state index in [1.165, 1.54) is 5.56 Å². The minimum atomic E-state index is 0.417. The van der Waals surface area contributed by atoms with Gasteiger partial charge in [-0.3, -0.25) is 4.90 Å². The Morgan fingerprint density at radius 1 is 1.33 bits per heavy atom. The molecule has 0 saturated heterocycles. The fraction of sp³-hybridized carbons (Fsp3) is 0.600. The Morgan fingerprint density at radius 2 is 2.00 bits per heavy atom. The zero-order valence-corrected chi connectivity index (χ0v) is 12.0. The highest BCUT2D eigenvalue weighted by molar-refractivity contribution is 5.33. The van der Waals surface area contributed by atoms with E-state index in [1.54, 1.807) is 7.11 Å². The Balaban J connectivity index is 2.76. The first-order chi connectivity index (χ1) is 8.63. The van der Waals surface area contributed by atoms with Crippen molar-refractivity contribution in [2.75, 3.05) is 20.7 Å². The van der Waals surface area contributed by atoms with Crippen LogP contribution in [-0.4, -0.2) is 31.6 Å². The summed E-state index contributed by atoms with van der Waals surface area (Å²) in [6.07, 6.45) is 1.15. The molecule has 3 nitrogen and oxygen atoms in total. The molecule has 0 aromatic heterocycles. The van der Waals surface area contributed by atoms with E-state index in [1.807, 2.05) is 18.2 Å². The molecule has 102 valence electrons. The van der Waals surface area contributed by atoms with E-state index in [2.05, 4.69) is 31.9 Å². The summed E-state index contributed by atoms with van der Waals surface area (Å²) >= 11 is 0. The number of nitrogens with two attached hydrogens (primary N) is 1. The van der Waals surface area contributed by atoms with Crippen LogP contribution in [0.15, 0.2) is 24.3 Å². The summed E-state index contributed by atoms with van der Waals surface area (Å²) < 4.78 is 5.39. The zero-order chi connectivity index (χ0) is 13.5. The van der Waals surface area contributed by atoms with E-state index in [0.29, 0.717) is 18.5 Å². The molecule has 0 aliphatic carbocycles. The number of methoxy groups -OCH3 is 1. The molecule has 2 unspecified atom stereocenters. The van der Waals surface area contributed by atoms with E-state index in [0.717, 1.165) is 18.7 Å². The number of nitrogens with zero attached hydrogens (tertiary/aromatic N) is 1. The van der Waals surface area contributed by atoms with Crippen LogP contribution in [0.4, 0.5) is 0 Å². The summed E-state index contributed by atoms with van der Waals surface area (Å²) in [7, 11) is 3.85. The average molecular weight is 250 g/mol. The highest BCUT2D eigenvalue weighted by atomic mass is 16.5. The van der Waals surface area contributed by atoms with Gasteiger partial charge in [-0.05, 0) is 19.0 Å². The topological polar surface area (TPSA) is 38.5 Å². The second kappa shape index (κ2) is 7.39. The fourth-order valence-corrected chi connectivity index (χ4v) is 2.34. The smallest absolute Gasteiger partial charge is 0.123 e. The third-order valence-corrected chi connectivity index (χ3v) is 3.72. The van der Waals surface area contributed by atoms with Gasteiger partial charge in [0, 0.05) is 24.7 Å². The normalized spacial score (nSPS) is 14.6. The van der Waals surface area contributed by atoms with Gasteiger partial charge in [0.25, 0.3) is 0 Å². The maximum Gasteiger partial charge on any atom is 0.123 e. The van der Waals surface area contributed by atoms with Gasteiger partial charge in [0.2, 0.25) is 0 Å². The van der Waals surface area contributed by atoms with Gasteiger partial charge in [-0.25, -0.2) is 0 Å². The van der Waals surface area contributed by atoms with Gasteiger partial charge in [0.1, 0.15) is 5.75 Å². The van der Waals surface area contributed by atoms with Crippen LogP contribution in [0.5, 0.6) is 5.75 Å². The van der Waals surface area contributed by atoms with Gasteiger partial charge < -0.3 is 10.5 Å². The van der Waals surface area contributed by atoms with Gasteiger partial charge in [-0.2, -0.15) is 0 Å². The van der Waals surface area contributed by atoms with Crippen LogP contribution in [0.25, 0.3) is 0 Å². The van der Waals surface area contributed by atoms with Crippen molar-refractivity contribution >= 4 is 0 Å². The van der Waals surface area contributed by atoms with E-state index >= 15 is 0 Å². The lowest BCUT2D eigenvalue weighted by molar-refractivity contribution is 0.176. The van der Waals surface area contributed by atoms with E-state index in [-0.39, 0.29) is 0 Å². The maximum atomic E-state index is 5.90. The predicted molar refractivity (Wildman–Crippen MR) is 76.8 cm³/mol. The first-order valence-electron chi connectivity index (χ1n) is 6.66. The molecule has 0 aliphatic heterocycles. The molecule has 0 spiro atoms. The summed E-state index contributed by atoms with van der Waals surface area (Å²) in [6, 6.07) is 8.58. The Kier molecular flexibility index (Phi) is 6.16. The third kappa shape index (κ3) is 3.72. The Morgan fingerprint density at radius 3 is 2.56 bits per heavy atom. The highest BCUT2D eigenvalue weighted by Gasteiger charge is 2.19. The number of ether oxygens (including phenoxy) is 1. The number of para-hydroxylation sites is 1. The van der Waals surface area contributed by atoms with Crippen LogP contribution in [0.2, 0.25) is 0 Å². The van der Waals surface area contributed by atoms with Crippen molar-refractivity contribution < 1.29 is 4.74 Å². The largest absolute Gasteiger partial charge is 0.496 e. The average Bonchev–Trinajstić information content (AvgIpc) is 2.39. The van der Waals surface area contributed by atoms with Gasteiger partial charge in [-0.15, -0.1) is 0 Å². The molecule has 0 amide bonds. The van der Waals surface area contributed by atoms with E-state index < -0.39 is 0 Å². The quantitative estimate of drug-likeness (QED) is 0.808.